The van der Waals surface area contributed by atoms with Gasteiger partial charge in [0, 0.05) is 44.5 Å². The highest BCUT2D eigenvalue weighted by Gasteiger charge is 2.45. The van der Waals surface area contributed by atoms with Crippen molar-refractivity contribution in [2.45, 2.75) is 24.9 Å². The van der Waals surface area contributed by atoms with Gasteiger partial charge in [0.25, 0.3) is 0 Å². The molecule has 28 heavy (non-hydrogen) atoms. The number of rotatable bonds is 6. The topological polar surface area (TPSA) is 83.7 Å². The van der Waals surface area contributed by atoms with Crippen LogP contribution >= 0.6 is 0 Å². The van der Waals surface area contributed by atoms with Crippen molar-refractivity contribution in [3.63, 3.8) is 0 Å². The number of nitrogens with one attached hydrogen (secondary N) is 1. The highest BCUT2D eigenvalue weighted by atomic mass is 16.5. The number of pyridine rings is 1. The van der Waals surface area contributed by atoms with Crippen molar-refractivity contribution < 1.29 is 9.53 Å². The molecule has 7 nitrogen and oxygen atoms in total. The van der Waals surface area contributed by atoms with E-state index in [2.05, 4.69) is 26.2 Å². The zero-order valence-corrected chi connectivity index (χ0v) is 16.2. The maximum absolute atomic E-state index is 12.2. The summed E-state index contributed by atoms with van der Waals surface area (Å²) in [5.74, 6) is 1.76. The van der Waals surface area contributed by atoms with Crippen LogP contribution in [0.5, 0.6) is 5.75 Å². The van der Waals surface area contributed by atoms with E-state index in [0.717, 1.165) is 61.8 Å². The first-order valence-corrected chi connectivity index (χ1v) is 9.75. The van der Waals surface area contributed by atoms with Gasteiger partial charge in [-0.15, -0.1) is 0 Å². The van der Waals surface area contributed by atoms with Gasteiger partial charge >= 0.3 is 0 Å². The Balaban J connectivity index is 1.41. The van der Waals surface area contributed by atoms with Gasteiger partial charge in [-0.05, 0) is 31.0 Å². The molecule has 148 valence electrons. The Morgan fingerprint density at radius 3 is 2.57 bits per heavy atom. The first kappa shape index (κ1) is 18.6. The van der Waals surface area contributed by atoms with Gasteiger partial charge in [-0.1, -0.05) is 18.2 Å². The molecule has 2 fully saturated rings. The zero-order valence-electron chi connectivity index (χ0n) is 16.2. The number of nitrogens with zero attached hydrogens (tertiary/aromatic N) is 3. The van der Waals surface area contributed by atoms with Gasteiger partial charge in [0.2, 0.25) is 5.91 Å². The summed E-state index contributed by atoms with van der Waals surface area (Å²) < 4.78 is 5.50. The Bertz CT molecular complexity index is 844. The molecule has 1 aromatic carbocycles. The lowest BCUT2D eigenvalue weighted by atomic mass is 10.2. The van der Waals surface area contributed by atoms with E-state index in [4.69, 9.17) is 10.5 Å². The quantitative estimate of drug-likeness (QED) is 0.789. The van der Waals surface area contributed by atoms with E-state index >= 15 is 0 Å². The third-order valence-corrected chi connectivity index (χ3v) is 5.55. The highest BCUT2D eigenvalue weighted by molar-refractivity contribution is 5.89. The molecule has 1 aromatic heterocycles. The van der Waals surface area contributed by atoms with Gasteiger partial charge in [0.05, 0.1) is 18.3 Å². The molecule has 0 unspecified atom stereocenters. The number of para-hydroxylation sites is 2. The molecule has 1 amide bonds. The Morgan fingerprint density at radius 2 is 1.86 bits per heavy atom. The molecule has 0 spiro atoms. The van der Waals surface area contributed by atoms with Gasteiger partial charge in [-0.2, -0.15) is 0 Å². The molecule has 0 radical (unpaired) electrons. The average Bonchev–Trinajstić information content (AvgIpc) is 3.51. The second-order valence-corrected chi connectivity index (χ2v) is 7.47. The minimum absolute atomic E-state index is 0.0664. The molecule has 2 aromatic rings. The minimum Gasteiger partial charge on any atom is -0.495 e. The molecule has 7 heteroatoms. The van der Waals surface area contributed by atoms with Crippen molar-refractivity contribution in [3.05, 3.63) is 48.2 Å². The number of methoxy groups -OCH3 is 1. The number of anilines is 2. The number of amides is 1. The summed E-state index contributed by atoms with van der Waals surface area (Å²) in [5.41, 5.74) is 7.47. The van der Waals surface area contributed by atoms with Gasteiger partial charge in [0.1, 0.15) is 11.6 Å². The molecule has 3 N–H and O–H groups in total. The number of carbonyl (C=O) groups excluding carboxylic acids is 1. The number of piperazine rings is 1. The smallest absolute Gasteiger partial charge is 0.240 e. The molecule has 1 aliphatic carbocycles. The lowest BCUT2D eigenvalue weighted by Gasteiger charge is -2.37. The van der Waals surface area contributed by atoms with Gasteiger partial charge < -0.3 is 25.6 Å². The van der Waals surface area contributed by atoms with Crippen molar-refractivity contribution in [3.8, 4) is 5.75 Å². The minimum atomic E-state index is -0.650. The van der Waals surface area contributed by atoms with Crippen LogP contribution in [-0.2, 0) is 11.3 Å². The fourth-order valence-electron chi connectivity index (χ4n) is 3.62. The average molecular weight is 381 g/mol. The summed E-state index contributed by atoms with van der Waals surface area (Å²) in [6.07, 6.45) is 3.34. The lowest BCUT2D eigenvalue weighted by molar-refractivity contribution is -0.123. The summed E-state index contributed by atoms with van der Waals surface area (Å²) in [5, 5.41) is 2.97. The maximum Gasteiger partial charge on any atom is 0.240 e. The molecular formula is C21H27N5O2. The first-order valence-electron chi connectivity index (χ1n) is 9.75. The second kappa shape index (κ2) is 7.67. The Kier molecular flexibility index (Phi) is 5.09. The van der Waals surface area contributed by atoms with Crippen LogP contribution in [0.15, 0.2) is 42.6 Å². The highest BCUT2D eigenvalue weighted by Crippen LogP contribution is 2.32. The van der Waals surface area contributed by atoms with Crippen LogP contribution < -0.4 is 25.6 Å². The predicted octanol–water partition coefficient (Wildman–Crippen LogP) is 1.52. The monoisotopic (exact) mass is 381 g/mol. The molecule has 2 aliphatic rings. The number of nitrogens with two attached hydrogens (primary N) is 1. The summed E-state index contributed by atoms with van der Waals surface area (Å²) >= 11 is 0. The van der Waals surface area contributed by atoms with E-state index in [1.807, 2.05) is 30.3 Å². The summed E-state index contributed by atoms with van der Waals surface area (Å²) in [6, 6.07) is 12.0. The number of hydrogen-bond acceptors (Lipinski definition) is 6. The van der Waals surface area contributed by atoms with Crippen molar-refractivity contribution >= 4 is 17.4 Å². The van der Waals surface area contributed by atoms with Crippen LogP contribution in [-0.4, -0.2) is 49.7 Å². The normalized spacial score (nSPS) is 17.9. The molecule has 0 atom stereocenters. The SMILES string of the molecule is COc1ccccc1N1CCN(c2ncccc2CNC(=O)C2(N)CC2)CC1. The third kappa shape index (κ3) is 3.75. The number of aromatic nitrogens is 1. The van der Waals surface area contributed by atoms with Crippen molar-refractivity contribution in [2.75, 3.05) is 43.1 Å². The van der Waals surface area contributed by atoms with Crippen molar-refractivity contribution in [2.24, 2.45) is 5.73 Å². The van der Waals surface area contributed by atoms with Crippen molar-refractivity contribution in [1.82, 2.24) is 10.3 Å². The first-order chi connectivity index (χ1) is 13.6. The molecule has 1 saturated carbocycles. The number of carbonyl (C=O) groups is 1. The van der Waals surface area contributed by atoms with E-state index in [0.29, 0.717) is 6.54 Å². The molecule has 2 heterocycles. The van der Waals surface area contributed by atoms with Crippen LogP contribution in [0.25, 0.3) is 0 Å². The van der Waals surface area contributed by atoms with E-state index in [1.165, 1.54) is 0 Å². The maximum atomic E-state index is 12.2. The fourth-order valence-corrected chi connectivity index (χ4v) is 3.62. The van der Waals surface area contributed by atoms with Crippen molar-refractivity contribution in [1.29, 1.82) is 0 Å². The number of hydrogen-bond donors (Lipinski definition) is 2. The van der Waals surface area contributed by atoms with E-state index in [1.54, 1.807) is 13.3 Å². The summed E-state index contributed by atoms with van der Waals surface area (Å²) in [6.45, 7) is 3.94. The molecule has 1 aliphatic heterocycles. The van der Waals surface area contributed by atoms with Gasteiger partial charge in [0.15, 0.2) is 0 Å². The molecule has 0 bridgehead atoms. The zero-order chi connectivity index (χ0) is 19.6. The third-order valence-electron chi connectivity index (χ3n) is 5.55. The predicted molar refractivity (Wildman–Crippen MR) is 110 cm³/mol. The van der Waals surface area contributed by atoms with E-state index in [9.17, 15) is 4.79 Å². The number of ether oxygens (including phenoxy) is 1. The summed E-state index contributed by atoms with van der Waals surface area (Å²) in [4.78, 5) is 21.4. The van der Waals surface area contributed by atoms with Crippen LogP contribution in [0.2, 0.25) is 0 Å². The van der Waals surface area contributed by atoms with Crippen LogP contribution in [0, 0.1) is 0 Å². The molecule has 1 saturated heterocycles. The standard InChI is InChI=1S/C21H27N5O2/c1-28-18-7-3-2-6-17(18)25-11-13-26(14-12-25)19-16(5-4-10-23-19)15-24-20(27)21(22)8-9-21/h2-7,10H,8-9,11-15,22H2,1H3,(H,24,27). The molecular weight excluding hydrogens is 354 g/mol. The second-order valence-electron chi connectivity index (χ2n) is 7.47. The van der Waals surface area contributed by atoms with Gasteiger partial charge in [-0.3, -0.25) is 4.79 Å². The Hall–Kier alpha value is -2.80. The summed E-state index contributed by atoms with van der Waals surface area (Å²) in [7, 11) is 1.71. The van der Waals surface area contributed by atoms with Gasteiger partial charge in [-0.25, -0.2) is 4.98 Å². The fraction of sp³-hybridized carbons (Fsp3) is 0.429. The van der Waals surface area contributed by atoms with Crippen LogP contribution in [0.1, 0.15) is 18.4 Å². The molecule has 4 rings (SSSR count). The van der Waals surface area contributed by atoms with Crippen LogP contribution in [0.3, 0.4) is 0 Å². The Morgan fingerprint density at radius 1 is 1.14 bits per heavy atom. The van der Waals surface area contributed by atoms with Crippen LogP contribution in [0.4, 0.5) is 11.5 Å². The van der Waals surface area contributed by atoms with E-state index in [-0.39, 0.29) is 5.91 Å². The van der Waals surface area contributed by atoms with E-state index < -0.39 is 5.54 Å². The largest absolute Gasteiger partial charge is 0.495 e. The lowest BCUT2D eigenvalue weighted by Crippen LogP contribution is -2.47. The number of benzene rings is 1. The Labute approximate surface area is 165 Å².